The average molecular weight is 481 g/mol. The molecule has 0 bridgehead atoms. The number of aryl methyl sites for hydroxylation is 1. The summed E-state index contributed by atoms with van der Waals surface area (Å²) in [6.45, 7) is 2.26. The van der Waals surface area contributed by atoms with Crippen LogP contribution in [0.2, 0.25) is 0 Å². The van der Waals surface area contributed by atoms with E-state index >= 15 is 0 Å². The summed E-state index contributed by atoms with van der Waals surface area (Å²) in [6, 6.07) is 16.1. The number of hydrogen-bond acceptors (Lipinski definition) is 4. The first-order valence-electron chi connectivity index (χ1n) is 10.0. The van der Waals surface area contributed by atoms with Gasteiger partial charge in [-0.25, -0.2) is 4.98 Å². The van der Waals surface area contributed by atoms with Gasteiger partial charge >= 0.3 is 0 Å². The van der Waals surface area contributed by atoms with Gasteiger partial charge in [0.05, 0.1) is 5.92 Å². The molecule has 8 heteroatoms. The second-order valence-electron chi connectivity index (χ2n) is 7.39. The summed E-state index contributed by atoms with van der Waals surface area (Å²) in [6.07, 6.45) is 0.809. The topological polar surface area (TPSA) is 95.2 Å². The zero-order valence-corrected chi connectivity index (χ0v) is 18.5. The Morgan fingerprint density at radius 2 is 2.00 bits per heavy atom. The molecule has 1 aromatic heterocycles. The van der Waals surface area contributed by atoms with Crippen LogP contribution >= 0.6 is 15.9 Å². The third-order valence-corrected chi connectivity index (χ3v) is 5.67. The predicted octanol–water partition coefficient (Wildman–Crippen LogP) is 3.75. The maximum Gasteiger partial charge on any atom is 0.251 e. The number of H-pyrrole nitrogens is 1. The molecule has 1 unspecified atom stereocenters. The third kappa shape index (κ3) is 4.74. The number of anilines is 2. The Kier molecular flexibility index (Phi) is 5.99. The molecular formula is C23H21BrN4O3. The van der Waals surface area contributed by atoms with Gasteiger partial charge in [-0.3, -0.25) is 14.4 Å². The van der Waals surface area contributed by atoms with E-state index in [2.05, 4.69) is 31.2 Å². The molecule has 0 saturated carbocycles. The van der Waals surface area contributed by atoms with Crippen molar-refractivity contribution in [2.24, 2.45) is 5.92 Å². The molecule has 1 aliphatic heterocycles. The number of aromatic nitrogens is 2. The van der Waals surface area contributed by atoms with Gasteiger partial charge in [0.25, 0.3) is 5.56 Å². The number of aromatic amines is 1. The number of halogens is 1. The summed E-state index contributed by atoms with van der Waals surface area (Å²) in [7, 11) is 0. The maximum absolute atomic E-state index is 12.8. The first-order valence-corrected chi connectivity index (χ1v) is 10.8. The number of nitrogens with zero attached hydrogens (tertiary/aromatic N) is 2. The van der Waals surface area contributed by atoms with Crippen LogP contribution in [0.25, 0.3) is 11.4 Å². The largest absolute Gasteiger partial charge is 0.326 e. The van der Waals surface area contributed by atoms with Crippen molar-refractivity contribution < 1.29 is 9.59 Å². The van der Waals surface area contributed by atoms with Crippen LogP contribution in [0.4, 0.5) is 11.4 Å². The zero-order valence-electron chi connectivity index (χ0n) is 16.9. The van der Waals surface area contributed by atoms with Crippen LogP contribution in [0.15, 0.2) is 63.9 Å². The number of carbonyl (C=O) groups excluding carboxylic acids is 2. The summed E-state index contributed by atoms with van der Waals surface area (Å²) in [4.78, 5) is 46.0. The van der Waals surface area contributed by atoms with Crippen LogP contribution in [0, 0.1) is 5.92 Å². The number of rotatable bonds is 5. The molecule has 4 rings (SSSR count). The maximum atomic E-state index is 12.8. The van der Waals surface area contributed by atoms with Crippen LogP contribution in [0.5, 0.6) is 0 Å². The molecular weight excluding hydrogens is 460 g/mol. The molecule has 2 aromatic carbocycles. The molecule has 0 radical (unpaired) electrons. The van der Waals surface area contributed by atoms with Crippen LogP contribution in [-0.4, -0.2) is 28.3 Å². The molecule has 2 heterocycles. The van der Waals surface area contributed by atoms with E-state index in [1.807, 2.05) is 37.3 Å². The van der Waals surface area contributed by atoms with Crippen LogP contribution < -0.4 is 15.8 Å². The van der Waals surface area contributed by atoms with Crippen molar-refractivity contribution in [1.29, 1.82) is 0 Å². The highest BCUT2D eigenvalue weighted by atomic mass is 79.9. The van der Waals surface area contributed by atoms with Gasteiger partial charge in [0.1, 0.15) is 5.82 Å². The number of amides is 2. The molecule has 2 amide bonds. The Morgan fingerprint density at radius 1 is 1.19 bits per heavy atom. The Labute approximate surface area is 187 Å². The molecule has 7 nitrogen and oxygen atoms in total. The van der Waals surface area contributed by atoms with Gasteiger partial charge in [0, 0.05) is 46.1 Å². The fraction of sp³-hybridized carbons (Fsp3) is 0.217. The molecule has 158 valence electrons. The lowest BCUT2D eigenvalue weighted by Crippen LogP contribution is -2.28. The SMILES string of the molecule is CCc1cc(=O)[nH]c(-c2cccc(NC(=O)C3CC(=O)N(c4cccc(Br)c4)C3)c2)n1. The van der Waals surface area contributed by atoms with Crippen molar-refractivity contribution in [2.75, 3.05) is 16.8 Å². The second kappa shape index (κ2) is 8.85. The van der Waals surface area contributed by atoms with E-state index in [0.29, 0.717) is 35.7 Å². The Balaban J connectivity index is 1.49. The predicted molar refractivity (Wildman–Crippen MR) is 123 cm³/mol. The zero-order chi connectivity index (χ0) is 22.0. The molecule has 3 aromatic rings. The van der Waals surface area contributed by atoms with Crippen LogP contribution in [0.1, 0.15) is 19.0 Å². The molecule has 1 atom stereocenters. The minimum atomic E-state index is -0.448. The van der Waals surface area contributed by atoms with E-state index in [0.717, 1.165) is 10.2 Å². The summed E-state index contributed by atoms with van der Waals surface area (Å²) >= 11 is 3.41. The highest BCUT2D eigenvalue weighted by Gasteiger charge is 2.35. The molecule has 0 aliphatic carbocycles. The highest BCUT2D eigenvalue weighted by Crippen LogP contribution is 2.28. The van der Waals surface area contributed by atoms with E-state index in [9.17, 15) is 14.4 Å². The van der Waals surface area contributed by atoms with Crippen molar-refractivity contribution in [3.8, 4) is 11.4 Å². The second-order valence-corrected chi connectivity index (χ2v) is 8.31. The monoisotopic (exact) mass is 480 g/mol. The van der Waals surface area contributed by atoms with Crippen LogP contribution in [0.3, 0.4) is 0 Å². The standard InChI is InChI=1S/C23H21BrN4O3/c1-2-17-12-20(29)27-22(25-17)14-5-3-7-18(9-14)26-23(31)15-10-21(30)28(13-15)19-8-4-6-16(24)11-19/h3-9,11-12,15H,2,10,13H2,1H3,(H,26,31)(H,25,27,29). The number of benzene rings is 2. The minimum Gasteiger partial charge on any atom is -0.326 e. The lowest BCUT2D eigenvalue weighted by molar-refractivity contribution is -0.122. The van der Waals surface area contributed by atoms with Crippen molar-refractivity contribution >= 4 is 39.1 Å². The molecule has 1 saturated heterocycles. The third-order valence-electron chi connectivity index (χ3n) is 5.18. The van der Waals surface area contributed by atoms with E-state index in [-0.39, 0.29) is 23.8 Å². The number of nitrogens with one attached hydrogen (secondary N) is 2. The Bertz CT molecular complexity index is 1210. The quantitative estimate of drug-likeness (QED) is 0.581. The van der Waals surface area contributed by atoms with Gasteiger partial charge in [-0.2, -0.15) is 0 Å². The van der Waals surface area contributed by atoms with Gasteiger partial charge in [-0.1, -0.05) is 41.1 Å². The Morgan fingerprint density at radius 3 is 2.77 bits per heavy atom. The van der Waals surface area contributed by atoms with Gasteiger partial charge in [-0.15, -0.1) is 0 Å². The van der Waals surface area contributed by atoms with Crippen molar-refractivity contribution in [1.82, 2.24) is 9.97 Å². The number of carbonyl (C=O) groups is 2. The van der Waals surface area contributed by atoms with Gasteiger partial charge in [-0.05, 0) is 36.8 Å². The van der Waals surface area contributed by atoms with Gasteiger partial charge < -0.3 is 15.2 Å². The van der Waals surface area contributed by atoms with E-state index in [1.54, 1.807) is 23.1 Å². The molecule has 31 heavy (non-hydrogen) atoms. The average Bonchev–Trinajstić information content (AvgIpc) is 3.15. The smallest absolute Gasteiger partial charge is 0.251 e. The van der Waals surface area contributed by atoms with Crippen molar-refractivity contribution in [2.45, 2.75) is 19.8 Å². The fourth-order valence-corrected chi connectivity index (χ4v) is 3.98. The Hall–Kier alpha value is -3.26. The summed E-state index contributed by atoms with van der Waals surface area (Å²) < 4.78 is 0.876. The summed E-state index contributed by atoms with van der Waals surface area (Å²) in [5.41, 5.74) is 2.53. The summed E-state index contributed by atoms with van der Waals surface area (Å²) in [5, 5.41) is 2.89. The fourth-order valence-electron chi connectivity index (χ4n) is 3.59. The van der Waals surface area contributed by atoms with Gasteiger partial charge in [0.2, 0.25) is 11.8 Å². The van der Waals surface area contributed by atoms with Crippen LogP contribution in [-0.2, 0) is 16.0 Å². The molecule has 2 N–H and O–H groups in total. The minimum absolute atomic E-state index is 0.0786. The lowest BCUT2D eigenvalue weighted by atomic mass is 10.1. The summed E-state index contributed by atoms with van der Waals surface area (Å²) in [5.74, 6) is -0.286. The van der Waals surface area contributed by atoms with Gasteiger partial charge in [0.15, 0.2) is 0 Å². The normalized spacial score (nSPS) is 15.9. The van der Waals surface area contributed by atoms with Crippen molar-refractivity contribution in [3.05, 3.63) is 75.1 Å². The molecule has 0 spiro atoms. The van der Waals surface area contributed by atoms with E-state index in [4.69, 9.17) is 0 Å². The highest BCUT2D eigenvalue weighted by molar-refractivity contribution is 9.10. The number of hydrogen-bond donors (Lipinski definition) is 2. The molecule has 1 fully saturated rings. The van der Waals surface area contributed by atoms with E-state index in [1.165, 1.54) is 6.07 Å². The van der Waals surface area contributed by atoms with E-state index < -0.39 is 5.92 Å². The first kappa shape index (κ1) is 21.0. The molecule has 1 aliphatic rings. The lowest BCUT2D eigenvalue weighted by Gasteiger charge is -2.17. The first-order chi connectivity index (χ1) is 14.9. The van der Waals surface area contributed by atoms with Crippen molar-refractivity contribution in [3.63, 3.8) is 0 Å².